The molecule has 0 unspecified atom stereocenters. The number of carbonyl (C=O) groups is 2. The largest absolute Gasteiger partial charge is 0.342 e. The van der Waals surface area contributed by atoms with Crippen LogP contribution in [0.4, 0.5) is 4.79 Å². The quantitative estimate of drug-likeness (QED) is 0.629. The number of thioether (sulfide) groups is 1. The first-order valence-corrected chi connectivity index (χ1v) is 9.28. The van der Waals surface area contributed by atoms with E-state index in [-0.39, 0.29) is 11.1 Å². The second-order valence-electron chi connectivity index (χ2n) is 5.71. The van der Waals surface area contributed by atoms with Crippen LogP contribution in [0.5, 0.6) is 0 Å². The maximum absolute atomic E-state index is 11.8. The molecule has 1 aromatic heterocycles. The van der Waals surface area contributed by atoms with Gasteiger partial charge in [0.25, 0.3) is 11.1 Å². The Labute approximate surface area is 157 Å². The molecule has 2 heterocycles. The molecule has 4 nitrogen and oxygen atoms in total. The fourth-order valence-corrected chi connectivity index (χ4v) is 3.81. The monoisotopic (exact) mass is 412 g/mol. The van der Waals surface area contributed by atoms with Crippen LogP contribution in [0.2, 0.25) is 0 Å². The first-order chi connectivity index (χ1) is 12.1. The first-order valence-electron chi connectivity index (χ1n) is 7.67. The van der Waals surface area contributed by atoms with Crippen LogP contribution < -0.4 is 5.32 Å². The smallest absolute Gasteiger partial charge is 0.290 e. The molecule has 1 aliphatic heterocycles. The van der Waals surface area contributed by atoms with Crippen molar-refractivity contribution in [1.29, 1.82) is 0 Å². The Morgan fingerprint density at radius 2 is 1.84 bits per heavy atom. The molecule has 1 N–H and O–H groups in total. The minimum Gasteiger partial charge on any atom is -0.342 e. The molecule has 2 aromatic carbocycles. The van der Waals surface area contributed by atoms with Gasteiger partial charge in [-0.05, 0) is 41.6 Å². The molecule has 124 valence electrons. The van der Waals surface area contributed by atoms with Gasteiger partial charge in [0.05, 0.1) is 4.91 Å². The molecule has 2 amide bonds. The van der Waals surface area contributed by atoms with Gasteiger partial charge in [-0.3, -0.25) is 14.9 Å². The summed E-state index contributed by atoms with van der Waals surface area (Å²) in [6.07, 6.45) is 3.81. The lowest BCUT2D eigenvalue weighted by Gasteiger charge is -2.05. The highest BCUT2D eigenvalue weighted by Crippen LogP contribution is 2.30. The Bertz CT molecular complexity index is 1020. The average molecular weight is 413 g/mol. The van der Waals surface area contributed by atoms with Crippen molar-refractivity contribution in [2.75, 3.05) is 0 Å². The van der Waals surface area contributed by atoms with Crippen LogP contribution in [-0.4, -0.2) is 15.7 Å². The second kappa shape index (κ2) is 6.54. The van der Waals surface area contributed by atoms with Gasteiger partial charge in [0.2, 0.25) is 0 Å². The molecule has 25 heavy (non-hydrogen) atoms. The fourth-order valence-electron chi connectivity index (χ4n) is 2.87. The second-order valence-corrected chi connectivity index (χ2v) is 7.64. The molecule has 0 bridgehead atoms. The third-order valence-electron chi connectivity index (χ3n) is 4.01. The Morgan fingerprint density at radius 3 is 2.56 bits per heavy atom. The summed E-state index contributed by atoms with van der Waals surface area (Å²) in [5, 5.41) is 3.02. The van der Waals surface area contributed by atoms with Crippen LogP contribution in [0.15, 0.2) is 64.1 Å². The Kier molecular flexibility index (Phi) is 4.23. The number of halogens is 1. The van der Waals surface area contributed by atoms with Crippen LogP contribution >= 0.6 is 27.7 Å². The SMILES string of the molecule is O=C1NC(=O)/C(=C/c2cn(Cc3ccc(Br)cc3)c3ccccc23)S1. The van der Waals surface area contributed by atoms with E-state index in [0.717, 1.165) is 39.2 Å². The number of fused-ring (bicyclic) bond motifs is 1. The summed E-state index contributed by atoms with van der Waals surface area (Å²) in [6.45, 7) is 0.731. The van der Waals surface area contributed by atoms with E-state index in [2.05, 4.69) is 44.0 Å². The van der Waals surface area contributed by atoms with Crippen molar-refractivity contribution < 1.29 is 9.59 Å². The molecule has 1 aliphatic rings. The van der Waals surface area contributed by atoms with Crippen molar-refractivity contribution in [2.24, 2.45) is 0 Å². The van der Waals surface area contributed by atoms with Gasteiger partial charge < -0.3 is 4.57 Å². The van der Waals surface area contributed by atoms with Gasteiger partial charge in [-0.2, -0.15) is 0 Å². The van der Waals surface area contributed by atoms with E-state index in [1.807, 2.05) is 36.5 Å². The number of amides is 2. The van der Waals surface area contributed by atoms with Crippen LogP contribution in [0.25, 0.3) is 17.0 Å². The molecular formula is C19H13BrN2O2S. The normalized spacial score (nSPS) is 16.0. The molecule has 0 spiro atoms. The molecule has 4 rings (SSSR count). The molecule has 1 saturated heterocycles. The van der Waals surface area contributed by atoms with Gasteiger partial charge in [0, 0.05) is 33.7 Å². The van der Waals surface area contributed by atoms with Gasteiger partial charge in [-0.15, -0.1) is 0 Å². The molecule has 6 heteroatoms. The maximum Gasteiger partial charge on any atom is 0.290 e. The number of hydrogen-bond acceptors (Lipinski definition) is 3. The van der Waals surface area contributed by atoms with Crippen molar-refractivity contribution in [3.05, 3.63) is 75.2 Å². The Balaban J connectivity index is 1.76. The van der Waals surface area contributed by atoms with Gasteiger partial charge >= 0.3 is 0 Å². The average Bonchev–Trinajstić information content (AvgIpc) is 3.10. The van der Waals surface area contributed by atoms with Gasteiger partial charge in [-0.25, -0.2) is 0 Å². The van der Waals surface area contributed by atoms with E-state index in [4.69, 9.17) is 0 Å². The topological polar surface area (TPSA) is 51.1 Å². The van der Waals surface area contributed by atoms with Gasteiger partial charge in [0.15, 0.2) is 0 Å². The first kappa shape index (κ1) is 16.2. The fraction of sp³-hybridized carbons (Fsp3) is 0.0526. The number of carbonyl (C=O) groups excluding carboxylic acids is 2. The number of benzene rings is 2. The number of imide groups is 1. The zero-order valence-corrected chi connectivity index (χ0v) is 15.4. The van der Waals surface area contributed by atoms with E-state index in [0.29, 0.717) is 4.91 Å². The van der Waals surface area contributed by atoms with E-state index < -0.39 is 0 Å². The minimum absolute atomic E-state index is 0.324. The lowest BCUT2D eigenvalue weighted by atomic mass is 10.1. The van der Waals surface area contributed by atoms with Crippen molar-refractivity contribution in [3.8, 4) is 0 Å². The number of aromatic nitrogens is 1. The molecule has 1 fully saturated rings. The van der Waals surface area contributed by atoms with E-state index in [9.17, 15) is 9.59 Å². The van der Waals surface area contributed by atoms with Crippen LogP contribution in [0.3, 0.4) is 0 Å². The summed E-state index contributed by atoms with van der Waals surface area (Å²) in [7, 11) is 0. The lowest BCUT2D eigenvalue weighted by molar-refractivity contribution is -0.115. The zero-order chi connectivity index (χ0) is 17.4. The Morgan fingerprint density at radius 1 is 1.08 bits per heavy atom. The predicted molar refractivity (Wildman–Crippen MR) is 104 cm³/mol. The summed E-state index contributed by atoms with van der Waals surface area (Å²) in [5.74, 6) is -0.334. The van der Waals surface area contributed by atoms with Crippen molar-refractivity contribution in [1.82, 2.24) is 9.88 Å². The molecule has 0 saturated carbocycles. The molecule has 0 aliphatic carbocycles. The third-order valence-corrected chi connectivity index (χ3v) is 5.35. The van der Waals surface area contributed by atoms with Crippen molar-refractivity contribution in [2.45, 2.75) is 6.54 Å². The Hall–Kier alpha value is -2.31. The van der Waals surface area contributed by atoms with Gasteiger partial charge in [0.1, 0.15) is 0 Å². The van der Waals surface area contributed by atoms with Crippen LogP contribution in [0.1, 0.15) is 11.1 Å². The number of para-hydroxylation sites is 1. The summed E-state index contributed by atoms with van der Waals surface area (Å²) in [4.78, 5) is 23.6. The highest BCUT2D eigenvalue weighted by atomic mass is 79.9. The number of hydrogen-bond donors (Lipinski definition) is 1. The van der Waals surface area contributed by atoms with Crippen LogP contribution in [0, 0.1) is 0 Å². The number of nitrogens with zero attached hydrogens (tertiary/aromatic N) is 1. The zero-order valence-electron chi connectivity index (χ0n) is 13.0. The third kappa shape index (κ3) is 3.27. The van der Waals surface area contributed by atoms with Crippen molar-refractivity contribution in [3.63, 3.8) is 0 Å². The number of nitrogens with one attached hydrogen (secondary N) is 1. The minimum atomic E-state index is -0.334. The summed E-state index contributed by atoms with van der Waals surface area (Å²) in [6, 6.07) is 16.3. The highest BCUT2D eigenvalue weighted by molar-refractivity contribution is 9.10. The number of rotatable bonds is 3. The van der Waals surface area contributed by atoms with E-state index >= 15 is 0 Å². The van der Waals surface area contributed by atoms with Gasteiger partial charge in [-0.1, -0.05) is 46.3 Å². The summed E-state index contributed by atoms with van der Waals surface area (Å²) < 4.78 is 3.21. The standard InChI is InChI=1S/C19H13BrN2O2S/c20-14-7-5-12(6-8-14)10-22-11-13(15-3-1-2-4-16(15)22)9-17-18(23)21-19(24)25-17/h1-9,11H,10H2,(H,21,23,24)/b17-9-. The van der Waals surface area contributed by atoms with Crippen LogP contribution in [-0.2, 0) is 11.3 Å². The maximum atomic E-state index is 11.8. The van der Waals surface area contributed by atoms with Crippen molar-refractivity contribution >= 4 is 55.8 Å². The molecule has 3 aromatic rings. The molecule has 0 radical (unpaired) electrons. The molecule has 0 atom stereocenters. The van der Waals surface area contributed by atoms with E-state index in [1.54, 1.807) is 6.08 Å². The summed E-state index contributed by atoms with van der Waals surface area (Å²) in [5.41, 5.74) is 3.21. The lowest BCUT2D eigenvalue weighted by Crippen LogP contribution is -2.17. The predicted octanol–water partition coefficient (Wildman–Crippen LogP) is 4.78. The summed E-state index contributed by atoms with van der Waals surface area (Å²) >= 11 is 4.39. The highest BCUT2D eigenvalue weighted by Gasteiger charge is 2.25. The molecular weight excluding hydrogens is 400 g/mol. The van der Waals surface area contributed by atoms with E-state index in [1.165, 1.54) is 5.56 Å².